The molecule has 0 heterocycles. The first-order valence-corrected chi connectivity index (χ1v) is 5.85. The van der Waals surface area contributed by atoms with E-state index >= 15 is 0 Å². The smallest absolute Gasteiger partial charge is 0.336 e. The van der Waals surface area contributed by atoms with E-state index in [1.807, 2.05) is 0 Å². The largest absolute Gasteiger partial charge is 0.478 e. The van der Waals surface area contributed by atoms with Crippen LogP contribution in [0, 0.1) is 5.41 Å². The van der Waals surface area contributed by atoms with Crippen molar-refractivity contribution < 1.29 is 14.7 Å². The maximum absolute atomic E-state index is 11.7. The number of hydrogen-bond donors (Lipinski definition) is 2. The van der Waals surface area contributed by atoms with Crippen molar-refractivity contribution >= 4 is 33.5 Å². The zero-order valence-electron chi connectivity index (χ0n) is 9.87. The standard InChI is InChI=1S/C12H14BrNO3/c1-12(2,3)11(17)14-7-4-5-9(13)8(6-7)10(15)16/h4-6H,1-3H3,(H,14,17)(H,15,16). The number of benzene rings is 1. The highest BCUT2D eigenvalue weighted by Gasteiger charge is 2.21. The van der Waals surface area contributed by atoms with Crippen molar-refractivity contribution in [3.63, 3.8) is 0 Å². The zero-order valence-corrected chi connectivity index (χ0v) is 11.5. The Labute approximate surface area is 108 Å². The monoisotopic (exact) mass is 299 g/mol. The molecule has 1 rings (SSSR count). The fraction of sp³-hybridized carbons (Fsp3) is 0.333. The molecule has 0 aromatic heterocycles. The normalized spacial score (nSPS) is 11.1. The number of hydrogen-bond acceptors (Lipinski definition) is 2. The fourth-order valence-electron chi connectivity index (χ4n) is 1.09. The summed E-state index contributed by atoms with van der Waals surface area (Å²) >= 11 is 3.14. The minimum Gasteiger partial charge on any atom is -0.478 e. The lowest BCUT2D eigenvalue weighted by Crippen LogP contribution is -2.27. The van der Waals surface area contributed by atoms with E-state index in [0.29, 0.717) is 10.2 Å². The number of anilines is 1. The van der Waals surface area contributed by atoms with Crippen LogP contribution in [0.1, 0.15) is 31.1 Å². The van der Waals surface area contributed by atoms with E-state index in [9.17, 15) is 9.59 Å². The van der Waals surface area contributed by atoms with Crippen LogP contribution in [0.25, 0.3) is 0 Å². The van der Waals surface area contributed by atoms with Crippen LogP contribution in [0.4, 0.5) is 5.69 Å². The van der Waals surface area contributed by atoms with Crippen LogP contribution in [-0.2, 0) is 4.79 Å². The lowest BCUT2D eigenvalue weighted by molar-refractivity contribution is -0.123. The molecule has 2 N–H and O–H groups in total. The van der Waals surface area contributed by atoms with Crippen LogP contribution in [0.5, 0.6) is 0 Å². The van der Waals surface area contributed by atoms with Gasteiger partial charge in [0, 0.05) is 15.6 Å². The predicted octanol–water partition coefficient (Wildman–Crippen LogP) is 3.13. The molecule has 0 spiro atoms. The van der Waals surface area contributed by atoms with Gasteiger partial charge in [0.15, 0.2) is 0 Å². The average Bonchev–Trinajstić information content (AvgIpc) is 2.19. The van der Waals surface area contributed by atoms with Gasteiger partial charge in [-0.3, -0.25) is 4.79 Å². The molecule has 17 heavy (non-hydrogen) atoms. The second-order valence-electron chi connectivity index (χ2n) is 4.70. The summed E-state index contributed by atoms with van der Waals surface area (Å²) in [6.45, 7) is 5.37. The number of amides is 1. The number of rotatable bonds is 2. The molecule has 0 fully saturated rings. The first-order valence-electron chi connectivity index (χ1n) is 5.06. The Kier molecular flexibility index (Phi) is 3.93. The highest BCUT2D eigenvalue weighted by atomic mass is 79.9. The van der Waals surface area contributed by atoms with Gasteiger partial charge < -0.3 is 10.4 Å². The van der Waals surface area contributed by atoms with Crippen molar-refractivity contribution in [2.75, 3.05) is 5.32 Å². The average molecular weight is 300 g/mol. The minimum absolute atomic E-state index is 0.122. The van der Waals surface area contributed by atoms with E-state index in [2.05, 4.69) is 21.2 Å². The number of aromatic carboxylic acids is 1. The van der Waals surface area contributed by atoms with E-state index in [1.54, 1.807) is 32.9 Å². The summed E-state index contributed by atoms with van der Waals surface area (Å²) in [5.74, 6) is -1.19. The topological polar surface area (TPSA) is 66.4 Å². The van der Waals surface area contributed by atoms with Crippen molar-refractivity contribution in [1.82, 2.24) is 0 Å². The Morgan fingerprint density at radius 2 is 1.88 bits per heavy atom. The van der Waals surface area contributed by atoms with E-state index in [-0.39, 0.29) is 11.5 Å². The molecule has 4 nitrogen and oxygen atoms in total. The molecule has 0 bridgehead atoms. The third-order valence-electron chi connectivity index (χ3n) is 2.14. The van der Waals surface area contributed by atoms with Gasteiger partial charge in [0.05, 0.1) is 5.56 Å². The van der Waals surface area contributed by atoms with Gasteiger partial charge in [-0.1, -0.05) is 20.8 Å². The van der Waals surface area contributed by atoms with Gasteiger partial charge in [0.25, 0.3) is 0 Å². The van der Waals surface area contributed by atoms with Crippen molar-refractivity contribution in [3.05, 3.63) is 28.2 Å². The third-order valence-corrected chi connectivity index (χ3v) is 2.83. The maximum Gasteiger partial charge on any atom is 0.336 e. The van der Waals surface area contributed by atoms with E-state index in [0.717, 1.165) is 0 Å². The van der Waals surface area contributed by atoms with Crippen LogP contribution in [-0.4, -0.2) is 17.0 Å². The minimum atomic E-state index is -1.04. The molecule has 92 valence electrons. The van der Waals surface area contributed by atoms with Crippen molar-refractivity contribution in [2.24, 2.45) is 5.41 Å². The molecule has 0 radical (unpaired) electrons. The molecule has 0 unspecified atom stereocenters. The van der Waals surface area contributed by atoms with Gasteiger partial charge >= 0.3 is 5.97 Å². The zero-order chi connectivity index (χ0) is 13.2. The molecule has 1 aromatic rings. The Morgan fingerprint density at radius 3 is 2.35 bits per heavy atom. The summed E-state index contributed by atoms with van der Waals surface area (Å²) in [5, 5.41) is 11.6. The van der Waals surface area contributed by atoms with Crippen LogP contribution in [0.3, 0.4) is 0 Å². The second kappa shape index (κ2) is 4.87. The van der Waals surface area contributed by atoms with Crippen molar-refractivity contribution in [2.45, 2.75) is 20.8 Å². The molecule has 0 aliphatic rings. The van der Waals surface area contributed by atoms with Gasteiger partial charge in [-0.25, -0.2) is 4.79 Å². The Bertz CT molecular complexity index is 463. The van der Waals surface area contributed by atoms with Crippen LogP contribution in [0.15, 0.2) is 22.7 Å². The number of carbonyl (C=O) groups is 2. The summed E-state index contributed by atoms with van der Waals surface area (Å²) in [7, 11) is 0. The summed E-state index contributed by atoms with van der Waals surface area (Å²) < 4.78 is 0.485. The molecule has 0 saturated carbocycles. The molecular formula is C12H14BrNO3. The summed E-state index contributed by atoms with van der Waals surface area (Å²) in [6, 6.07) is 4.68. The lowest BCUT2D eigenvalue weighted by atomic mass is 9.95. The van der Waals surface area contributed by atoms with Crippen molar-refractivity contribution in [1.29, 1.82) is 0 Å². The van der Waals surface area contributed by atoms with Crippen molar-refractivity contribution in [3.8, 4) is 0 Å². The van der Waals surface area contributed by atoms with Crippen LogP contribution < -0.4 is 5.32 Å². The van der Waals surface area contributed by atoms with Crippen LogP contribution in [0.2, 0.25) is 0 Å². The van der Waals surface area contributed by atoms with Gasteiger partial charge in [-0.2, -0.15) is 0 Å². The highest BCUT2D eigenvalue weighted by Crippen LogP contribution is 2.23. The molecule has 1 amide bonds. The molecular weight excluding hydrogens is 286 g/mol. The predicted molar refractivity (Wildman–Crippen MR) is 69.2 cm³/mol. The Morgan fingerprint density at radius 1 is 1.29 bits per heavy atom. The number of carboxylic acid groups (broad SMARTS) is 1. The van der Waals surface area contributed by atoms with E-state index < -0.39 is 11.4 Å². The lowest BCUT2D eigenvalue weighted by Gasteiger charge is -2.17. The number of carboxylic acids is 1. The molecule has 0 atom stereocenters. The summed E-state index contributed by atoms with van der Waals surface area (Å²) in [5.41, 5.74) is 0.0819. The maximum atomic E-state index is 11.7. The fourth-order valence-corrected chi connectivity index (χ4v) is 1.50. The number of halogens is 1. The number of carbonyl (C=O) groups excluding carboxylic acids is 1. The quantitative estimate of drug-likeness (QED) is 0.881. The third kappa shape index (κ3) is 3.56. The molecule has 5 heteroatoms. The van der Waals surface area contributed by atoms with Gasteiger partial charge in [-0.15, -0.1) is 0 Å². The summed E-state index contributed by atoms with van der Waals surface area (Å²) in [6.07, 6.45) is 0. The summed E-state index contributed by atoms with van der Waals surface area (Å²) in [4.78, 5) is 22.6. The molecule has 0 aliphatic carbocycles. The first-order chi connectivity index (χ1) is 7.71. The number of nitrogens with one attached hydrogen (secondary N) is 1. The highest BCUT2D eigenvalue weighted by molar-refractivity contribution is 9.10. The second-order valence-corrected chi connectivity index (χ2v) is 5.56. The van der Waals surface area contributed by atoms with Gasteiger partial charge in [0.2, 0.25) is 5.91 Å². The van der Waals surface area contributed by atoms with Gasteiger partial charge in [0.1, 0.15) is 0 Å². The van der Waals surface area contributed by atoms with Crippen LogP contribution >= 0.6 is 15.9 Å². The molecule has 0 saturated heterocycles. The Balaban J connectivity index is 2.98. The van der Waals surface area contributed by atoms with E-state index in [1.165, 1.54) is 6.07 Å². The first kappa shape index (κ1) is 13.7. The Hall–Kier alpha value is -1.36. The van der Waals surface area contributed by atoms with Gasteiger partial charge in [-0.05, 0) is 34.1 Å². The van der Waals surface area contributed by atoms with E-state index in [4.69, 9.17) is 5.11 Å². The SMILES string of the molecule is CC(C)(C)C(=O)Nc1ccc(Br)c(C(=O)O)c1. The molecule has 0 aliphatic heterocycles. The molecule has 1 aromatic carbocycles.